The SMILES string of the molecule is CSC(C)CCn1c(=S)[nH]c2sc(C)c(C)c2c1=O. The van der Waals surface area contributed by atoms with Crippen molar-refractivity contribution in [1.82, 2.24) is 9.55 Å². The van der Waals surface area contributed by atoms with Crippen molar-refractivity contribution in [1.29, 1.82) is 0 Å². The summed E-state index contributed by atoms with van der Waals surface area (Å²) in [6.45, 7) is 6.89. The third-order valence-electron chi connectivity index (χ3n) is 3.47. The van der Waals surface area contributed by atoms with Gasteiger partial charge in [-0.25, -0.2) is 0 Å². The van der Waals surface area contributed by atoms with Crippen LogP contribution in [0, 0.1) is 18.6 Å². The maximum atomic E-state index is 12.6. The number of aryl methyl sites for hydroxylation is 2. The van der Waals surface area contributed by atoms with E-state index in [9.17, 15) is 4.79 Å². The van der Waals surface area contributed by atoms with Crippen molar-refractivity contribution >= 4 is 45.5 Å². The molecule has 0 saturated carbocycles. The zero-order valence-electron chi connectivity index (χ0n) is 11.6. The lowest BCUT2D eigenvalue weighted by molar-refractivity contribution is 0.608. The molecule has 104 valence electrons. The molecule has 2 aromatic rings. The van der Waals surface area contributed by atoms with E-state index in [2.05, 4.69) is 18.2 Å². The van der Waals surface area contributed by atoms with E-state index >= 15 is 0 Å². The van der Waals surface area contributed by atoms with Gasteiger partial charge in [-0.05, 0) is 44.3 Å². The Labute approximate surface area is 126 Å². The summed E-state index contributed by atoms with van der Waals surface area (Å²) < 4.78 is 2.23. The molecule has 0 amide bonds. The fourth-order valence-electron chi connectivity index (χ4n) is 2.00. The van der Waals surface area contributed by atoms with Crippen molar-refractivity contribution in [3.63, 3.8) is 0 Å². The molecule has 0 aromatic carbocycles. The predicted octanol–water partition coefficient (Wildman–Crippen LogP) is 3.88. The number of thiophene rings is 1. The highest BCUT2D eigenvalue weighted by Crippen LogP contribution is 2.25. The number of nitrogens with one attached hydrogen (secondary N) is 1. The lowest BCUT2D eigenvalue weighted by atomic mass is 10.2. The molecule has 0 spiro atoms. The predicted molar refractivity (Wildman–Crippen MR) is 88.3 cm³/mol. The molecule has 0 aliphatic rings. The van der Waals surface area contributed by atoms with Gasteiger partial charge in [0.1, 0.15) is 4.83 Å². The van der Waals surface area contributed by atoms with Gasteiger partial charge in [-0.15, -0.1) is 11.3 Å². The minimum Gasteiger partial charge on any atom is -0.323 e. The number of nitrogens with zero attached hydrogens (tertiary/aromatic N) is 1. The van der Waals surface area contributed by atoms with Gasteiger partial charge >= 0.3 is 0 Å². The Bertz CT molecular complexity index is 711. The first-order valence-corrected chi connectivity index (χ1v) is 8.72. The van der Waals surface area contributed by atoms with Crippen LogP contribution in [0.3, 0.4) is 0 Å². The minimum atomic E-state index is 0.0499. The first-order chi connectivity index (χ1) is 8.95. The summed E-state index contributed by atoms with van der Waals surface area (Å²) in [5, 5.41) is 1.33. The van der Waals surface area contributed by atoms with Crippen molar-refractivity contribution in [3.05, 3.63) is 25.6 Å². The van der Waals surface area contributed by atoms with E-state index in [0.717, 1.165) is 22.2 Å². The molecule has 0 bridgehead atoms. The Balaban J connectivity index is 2.53. The monoisotopic (exact) mass is 314 g/mol. The summed E-state index contributed by atoms with van der Waals surface area (Å²) in [4.78, 5) is 17.8. The third kappa shape index (κ3) is 2.80. The van der Waals surface area contributed by atoms with E-state index in [0.29, 0.717) is 16.6 Å². The molecule has 0 radical (unpaired) electrons. The van der Waals surface area contributed by atoms with Crippen LogP contribution in [-0.2, 0) is 6.54 Å². The molecule has 2 heterocycles. The quantitative estimate of drug-likeness (QED) is 0.870. The highest BCUT2D eigenvalue weighted by atomic mass is 32.2. The van der Waals surface area contributed by atoms with Crippen LogP contribution in [-0.4, -0.2) is 21.1 Å². The number of hydrogen-bond donors (Lipinski definition) is 1. The van der Waals surface area contributed by atoms with Gasteiger partial charge < -0.3 is 4.98 Å². The average molecular weight is 315 g/mol. The van der Waals surface area contributed by atoms with Crippen molar-refractivity contribution < 1.29 is 0 Å². The third-order valence-corrected chi connectivity index (χ3v) is 5.96. The second-order valence-corrected chi connectivity index (χ2v) is 7.60. The zero-order chi connectivity index (χ0) is 14.2. The molecule has 2 rings (SSSR count). The number of thioether (sulfide) groups is 1. The maximum Gasteiger partial charge on any atom is 0.263 e. The van der Waals surface area contributed by atoms with Crippen molar-refractivity contribution in [2.24, 2.45) is 0 Å². The number of hydrogen-bond acceptors (Lipinski definition) is 4. The summed E-state index contributed by atoms with van der Waals surface area (Å²) in [7, 11) is 0. The van der Waals surface area contributed by atoms with Gasteiger partial charge in [0.25, 0.3) is 5.56 Å². The Morgan fingerprint density at radius 2 is 2.16 bits per heavy atom. The molecular formula is C13H18N2OS3. The van der Waals surface area contributed by atoms with Gasteiger partial charge in [0, 0.05) is 16.7 Å². The highest BCUT2D eigenvalue weighted by Gasteiger charge is 2.13. The normalized spacial score (nSPS) is 13.1. The standard InChI is InChI=1S/C13H18N2OS3/c1-7(18-4)5-6-15-12(16)10-8(2)9(3)19-11(10)14-13(15)17/h7H,5-6H2,1-4H3,(H,14,17). The summed E-state index contributed by atoms with van der Waals surface area (Å²) in [6.07, 6.45) is 3.04. The van der Waals surface area contributed by atoms with E-state index in [1.807, 2.05) is 25.6 Å². The summed E-state index contributed by atoms with van der Waals surface area (Å²) in [5.74, 6) is 0. The fourth-order valence-corrected chi connectivity index (χ4v) is 3.73. The zero-order valence-corrected chi connectivity index (χ0v) is 14.0. The lowest BCUT2D eigenvalue weighted by Gasteiger charge is -2.10. The Morgan fingerprint density at radius 3 is 2.79 bits per heavy atom. The highest BCUT2D eigenvalue weighted by molar-refractivity contribution is 7.99. The van der Waals surface area contributed by atoms with Crippen LogP contribution in [0.4, 0.5) is 0 Å². The largest absolute Gasteiger partial charge is 0.323 e. The van der Waals surface area contributed by atoms with Gasteiger partial charge in [-0.3, -0.25) is 9.36 Å². The second-order valence-electron chi connectivity index (χ2n) is 4.71. The fraction of sp³-hybridized carbons (Fsp3) is 0.538. The molecule has 3 nitrogen and oxygen atoms in total. The molecule has 1 unspecified atom stereocenters. The average Bonchev–Trinajstić information content (AvgIpc) is 2.64. The number of aromatic amines is 1. The minimum absolute atomic E-state index is 0.0499. The summed E-state index contributed by atoms with van der Waals surface area (Å²) >= 11 is 8.73. The first-order valence-electron chi connectivity index (χ1n) is 6.21. The molecular weight excluding hydrogens is 296 g/mol. The van der Waals surface area contributed by atoms with E-state index in [-0.39, 0.29) is 5.56 Å². The second kappa shape index (κ2) is 5.81. The molecule has 6 heteroatoms. The van der Waals surface area contributed by atoms with Gasteiger partial charge in [-0.1, -0.05) is 6.92 Å². The van der Waals surface area contributed by atoms with Gasteiger partial charge in [0.2, 0.25) is 0 Å². The Kier molecular flexibility index (Phi) is 4.53. The van der Waals surface area contributed by atoms with Crippen LogP contribution in [0.1, 0.15) is 23.8 Å². The smallest absolute Gasteiger partial charge is 0.263 e. The number of aromatic nitrogens is 2. The molecule has 0 saturated heterocycles. The van der Waals surface area contributed by atoms with Gasteiger partial charge in [-0.2, -0.15) is 11.8 Å². The van der Waals surface area contributed by atoms with Crippen LogP contribution in [0.25, 0.3) is 10.2 Å². The van der Waals surface area contributed by atoms with E-state index in [1.165, 1.54) is 4.88 Å². The molecule has 2 aromatic heterocycles. The maximum absolute atomic E-state index is 12.6. The molecule has 0 aliphatic carbocycles. The summed E-state index contributed by atoms with van der Waals surface area (Å²) in [5.41, 5.74) is 1.12. The Morgan fingerprint density at radius 1 is 1.47 bits per heavy atom. The topological polar surface area (TPSA) is 37.8 Å². The molecule has 0 aliphatic heterocycles. The van der Waals surface area contributed by atoms with Crippen LogP contribution < -0.4 is 5.56 Å². The molecule has 1 atom stereocenters. The lowest BCUT2D eigenvalue weighted by Crippen LogP contribution is -2.23. The van der Waals surface area contributed by atoms with E-state index in [4.69, 9.17) is 12.2 Å². The number of H-pyrrole nitrogens is 1. The number of fused-ring (bicyclic) bond motifs is 1. The van der Waals surface area contributed by atoms with E-state index < -0.39 is 0 Å². The first kappa shape index (κ1) is 14.8. The van der Waals surface area contributed by atoms with Crippen molar-refractivity contribution in [2.45, 2.75) is 39.0 Å². The molecule has 1 N–H and O–H groups in total. The summed E-state index contributed by atoms with van der Waals surface area (Å²) in [6, 6.07) is 0. The van der Waals surface area contributed by atoms with Crippen LogP contribution in [0.15, 0.2) is 4.79 Å². The van der Waals surface area contributed by atoms with Crippen LogP contribution in [0.2, 0.25) is 0 Å². The van der Waals surface area contributed by atoms with Crippen molar-refractivity contribution in [3.8, 4) is 0 Å². The Hall–Kier alpha value is -0.590. The van der Waals surface area contributed by atoms with Crippen LogP contribution >= 0.6 is 35.3 Å². The van der Waals surface area contributed by atoms with E-state index in [1.54, 1.807) is 15.9 Å². The number of rotatable bonds is 4. The van der Waals surface area contributed by atoms with Gasteiger partial charge in [0.05, 0.1) is 5.39 Å². The molecule has 0 fully saturated rings. The van der Waals surface area contributed by atoms with Gasteiger partial charge in [0.15, 0.2) is 4.77 Å². The molecule has 19 heavy (non-hydrogen) atoms. The van der Waals surface area contributed by atoms with Crippen molar-refractivity contribution in [2.75, 3.05) is 6.26 Å². The van der Waals surface area contributed by atoms with Crippen LogP contribution in [0.5, 0.6) is 0 Å².